The first-order chi connectivity index (χ1) is 12.4. The molecule has 0 unspecified atom stereocenters. The van der Waals surface area contributed by atoms with Gasteiger partial charge in [-0.2, -0.15) is 0 Å². The maximum atomic E-state index is 14.0. The summed E-state index contributed by atoms with van der Waals surface area (Å²) in [6.07, 6.45) is 2.20. The minimum absolute atomic E-state index is 0.00921. The van der Waals surface area contributed by atoms with Crippen LogP contribution in [0.25, 0.3) is 10.1 Å². The highest BCUT2D eigenvalue weighted by Crippen LogP contribution is 2.30. The van der Waals surface area contributed by atoms with Gasteiger partial charge in [0.15, 0.2) is 9.84 Å². The first-order valence-electron chi connectivity index (χ1n) is 8.74. The first kappa shape index (κ1) is 17.9. The van der Waals surface area contributed by atoms with Crippen molar-refractivity contribution in [1.82, 2.24) is 4.90 Å². The Morgan fingerprint density at radius 1 is 1.35 bits per heavy atom. The average Bonchev–Trinajstić information content (AvgIpc) is 3.31. The molecule has 1 aromatic carbocycles. The summed E-state index contributed by atoms with van der Waals surface area (Å²) >= 11 is 1.24. The number of hydrogen-bond acceptors (Lipinski definition) is 5. The van der Waals surface area contributed by atoms with Crippen LogP contribution >= 0.6 is 11.3 Å². The molecular weight excluding hydrogens is 377 g/mol. The van der Waals surface area contributed by atoms with Crippen molar-refractivity contribution in [3.63, 3.8) is 0 Å². The van der Waals surface area contributed by atoms with Gasteiger partial charge in [-0.3, -0.25) is 4.79 Å². The van der Waals surface area contributed by atoms with E-state index in [1.165, 1.54) is 17.4 Å². The lowest BCUT2D eigenvalue weighted by molar-refractivity contribution is 0.0445. The van der Waals surface area contributed by atoms with E-state index in [4.69, 9.17) is 4.74 Å². The van der Waals surface area contributed by atoms with Gasteiger partial charge in [0.2, 0.25) is 0 Å². The molecule has 2 atom stereocenters. The molecule has 4 rings (SSSR count). The average molecular weight is 397 g/mol. The Hall–Kier alpha value is -1.51. The van der Waals surface area contributed by atoms with Crippen molar-refractivity contribution in [3.05, 3.63) is 35.0 Å². The SMILES string of the molecule is O=C(c1cc2c(F)cccc2s1)N(C[C@@H]1CCCO1)[C@@H]1CCS(=O)(=O)C1. The van der Waals surface area contributed by atoms with Crippen molar-refractivity contribution in [2.24, 2.45) is 0 Å². The smallest absolute Gasteiger partial charge is 0.264 e. The highest BCUT2D eigenvalue weighted by Gasteiger charge is 2.37. The van der Waals surface area contributed by atoms with Crippen LogP contribution in [-0.4, -0.2) is 56.0 Å². The Labute approximate surface area is 155 Å². The number of fused-ring (bicyclic) bond motifs is 1. The Kier molecular flexibility index (Phi) is 4.75. The third-order valence-electron chi connectivity index (χ3n) is 5.05. The van der Waals surface area contributed by atoms with Gasteiger partial charge in [-0.15, -0.1) is 11.3 Å². The third kappa shape index (κ3) is 3.50. The molecule has 2 aliphatic heterocycles. The molecule has 0 bridgehead atoms. The van der Waals surface area contributed by atoms with Gasteiger partial charge in [0.25, 0.3) is 5.91 Å². The predicted octanol–water partition coefficient (Wildman–Crippen LogP) is 2.85. The van der Waals surface area contributed by atoms with E-state index in [1.807, 2.05) is 0 Å². The third-order valence-corrected chi connectivity index (χ3v) is 7.89. The van der Waals surface area contributed by atoms with E-state index in [2.05, 4.69) is 0 Å². The molecule has 3 heterocycles. The quantitative estimate of drug-likeness (QED) is 0.796. The summed E-state index contributed by atoms with van der Waals surface area (Å²) in [5.41, 5.74) is 0. The standard InChI is InChI=1S/C18H20FNO4S2/c19-15-4-1-5-16-14(15)9-17(25-16)18(21)20(10-13-3-2-7-24-13)12-6-8-26(22,23)11-12/h1,4-5,9,12-13H,2-3,6-8,10-11H2/t12-,13+/m1/s1. The van der Waals surface area contributed by atoms with Gasteiger partial charge < -0.3 is 9.64 Å². The molecule has 140 valence electrons. The molecule has 26 heavy (non-hydrogen) atoms. The number of ether oxygens (including phenoxy) is 1. The van der Waals surface area contributed by atoms with E-state index in [-0.39, 0.29) is 35.4 Å². The van der Waals surface area contributed by atoms with Crippen molar-refractivity contribution >= 4 is 37.2 Å². The molecule has 0 radical (unpaired) electrons. The summed E-state index contributed by atoms with van der Waals surface area (Å²) < 4.78 is 44.2. The van der Waals surface area contributed by atoms with Crippen LogP contribution in [0.4, 0.5) is 4.39 Å². The molecule has 0 spiro atoms. The number of amides is 1. The van der Waals surface area contributed by atoms with E-state index in [0.29, 0.717) is 34.5 Å². The van der Waals surface area contributed by atoms with Crippen LogP contribution in [0.3, 0.4) is 0 Å². The van der Waals surface area contributed by atoms with Crippen LogP contribution in [0.15, 0.2) is 24.3 Å². The highest BCUT2D eigenvalue weighted by atomic mass is 32.2. The van der Waals surface area contributed by atoms with Crippen LogP contribution in [-0.2, 0) is 14.6 Å². The zero-order valence-electron chi connectivity index (χ0n) is 14.2. The topological polar surface area (TPSA) is 63.7 Å². The number of carbonyl (C=O) groups excluding carboxylic acids is 1. The fourth-order valence-corrected chi connectivity index (χ4v) is 6.46. The second kappa shape index (κ2) is 6.90. The molecule has 2 saturated heterocycles. The zero-order valence-corrected chi connectivity index (χ0v) is 15.8. The molecular formula is C18H20FNO4S2. The number of nitrogens with zero attached hydrogens (tertiary/aromatic N) is 1. The Morgan fingerprint density at radius 3 is 2.85 bits per heavy atom. The number of thiophene rings is 1. The maximum Gasteiger partial charge on any atom is 0.264 e. The number of carbonyl (C=O) groups is 1. The largest absolute Gasteiger partial charge is 0.376 e. The maximum absolute atomic E-state index is 14.0. The summed E-state index contributed by atoms with van der Waals surface area (Å²) in [6.45, 7) is 1.06. The molecule has 1 amide bonds. The van der Waals surface area contributed by atoms with Crippen molar-refractivity contribution in [2.45, 2.75) is 31.4 Å². The second-order valence-corrected chi connectivity index (χ2v) is 10.2. The Balaban J connectivity index is 1.64. The van der Waals surface area contributed by atoms with E-state index in [0.717, 1.165) is 12.8 Å². The molecule has 1 aromatic heterocycles. The first-order valence-corrected chi connectivity index (χ1v) is 11.4. The summed E-state index contributed by atoms with van der Waals surface area (Å²) in [6, 6.07) is 6.01. The molecule has 2 aromatic rings. The number of hydrogen-bond donors (Lipinski definition) is 0. The van der Waals surface area contributed by atoms with Crippen LogP contribution in [0.5, 0.6) is 0 Å². The summed E-state index contributed by atoms with van der Waals surface area (Å²) in [5, 5.41) is 0.428. The minimum Gasteiger partial charge on any atom is -0.376 e. The molecule has 8 heteroatoms. The van der Waals surface area contributed by atoms with Crippen molar-refractivity contribution < 1.29 is 22.3 Å². The molecule has 0 aliphatic carbocycles. The molecule has 0 N–H and O–H groups in total. The number of halogens is 1. The van der Waals surface area contributed by atoms with Gasteiger partial charge in [0.1, 0.15) is 5.82 Å². The van der Waals surface area contributed by atoms with Crippen LogP contribution in [0, 0.1) is 5.82 Å². The van der Waals surface area contributed by atoms with Gasteiger partial charge in [-0.1, -0.05) is 6.07 Å². The molecule has 0 saturated carbocycles. The molecule has 5 nitrogen and oxygen atoms in total. The van der Waals surface area contributed by atoms with Gasteiger partial charge in [0.05, 0.1) is 22.5 Å². The lowest BCUT2D eigenvalue weighted by atomic mass is 10.1. The van der Waals surface area contributed by atoms with Crippen LogP contribution < -0.4 is 0 Å². The number of benzene rings is 1. The van der Waals surface area contributed by atoms with Gasteiger partial charge in [0, 0.05) is 29.3 Å². The van der Waals surface area contributed by atoms with Crippen LogP contribution in [0.2, 0.25) is 0 Å². The predicted molar refractivity (Wildman–Crippen MR) is 98.9 cm³/mol. The van der Waals surface area contributed by atoms with E-state index < -0.39 is 9.84 Å². The lowest BCUT2D eigenvalue weighted by Crippen LogP contribution is -2.45. The van der Waals surface area contributed by atoms with Gasteiger partial charge in [-0.05, 0) is 37.5 Å². The van der Waals surface area contributed by atoms with Crippen molar-refractivity contribution in [1.29, 1.82) is 0 Å². The molecule has 2 aliphatic rings. The second-order valence-electron chi connectivity index (χ2n) is 6.91. The van der Waals surface area contributed by atoms with Crippen molar-refractivity contribution in [2.75, 3.05) is 24.7 Å². The number of sulfone groups is 1. The summed E-state index contributed by atoms with van der Waals surface area (Å²) in [5.74, 6) is -0.492. The van der Waals surface area contributed by atoms with Crippen LogP contribution in [0.1, 0.15) is 28.9 Å². The number of rotatable bonds is 4. The fourth-order valence-electron chi connectivity index (χ4n) is 3.70. The lowest BCUT2D eigenvalue weighted by Gasteiger charge is -2.30. The molecule has 2 fully saturated rings. The van der Waals surface area contributed by atoms with Gasteiger partial charge in [-0.25, -0.2) is 12.8 Å². The van der Waals surface area contributed by atoms with Gasteiger partial charge >= 0.3 is 0 Å². The minimum atomic E-state index is -3.11. The Bertz CT molecular complexity index is 934. The normalized spacial score (nSPS) is 25.0. The van der Waals surface area contributed by atoms with Crippen molar-refractivity contribution in [3.8, 4) is 0 Å². The van der Waals surface area contributed by atoms with E-state index in [9.17, 15) is 17.6 Å². The fraction of sp³-hybridized carbons (Fsp3) is 0.500. The summed E-state index contributed by atoms with van der Waals surface area (Å²) in [4.78, 5) is 15.3. The van der Waals surface area contributed by atoms with E-state index >= 15 is 0 Å². The monoisotopic (exact) mass is 397 g/mol. The zero-order chi connectivity index (χ0) is 18.3. The summed E-state index contributed by atoms with van der Waals surface area (Å²) in [7, 11) is -3.11. The highest BCUT2D eigenvalue weighted by molar-refractivity contribution is 7.91. The van der Waals surface area contributed by atoms with E-state index in [1.54, 1.807) is 23.1 Å². The Morgan fingerprint density at radius 2 is 2.19 bits per heavy atom.